The molecular formula is C14H16N2O5S. The van der Waals surface area contributed by atoms with E-state index in [1.54, 1.807) is 0 Å². The Labute approximate surface area is 131 Å². The van der Waals surface area contributed by atoms with Crippen LogP contribution in [0.1, 0.15) is 51.6 Å². The first-order valence-electron chi connectivity index (χ1n) is 6.47. The number of ether oxygens (including phenoxy) is 1. The van der Waals surface area contributed by atoms with E-state index in [0.717, 1.165) is 12.2 Å². The molecular weight excluding hydrogens is 308 g/mol. The van der Waals surface area contributed by atoms with Gasteiger partial charge in [0.15, 0.2) is 5.78 Å². The van der Waals surface area contributed by atoms with Crippen molar-refractivity contribution in [1.82, 2.24) is 10.2 Å². The number of rotatable bonds is 5. The van der Waals surface area contributed by atoms with E-state index in [1.807, 2.05) is 6.92 Å². The third-order valence-electron chi connectivity index (χ3n) is 2.62. The zero-order valence-corrected chi connectivity index (χ0v) is 13.3. The van der Waals surface area contributed by atoms with Crippen LogP contribution >= 0.6 is 11.8 Å². The first kappa shape index (κ1) is 17.8. The lowest BCUT2D eigenvalue weighted by atomic mass is 9.98. The number of fused-ring (bicyclic) bond motifs is 1. The number of nitrogens with one attached hydrogen (secondary N) is 1. The zero-order chi connectivity index (χ0) is 16.7. The molecule has 0 spiro atoms. The van der Waals surface area contributed by atoms with Gasteiger partial charge in [0.2, 0.25) is 11.6 Å². The van der Waals surface area contributed by atoms with Crippen molar-refractivity contribution < 1.29 is 23.9 Å². The fourth-order valence-electron chi connectivity index (χ4n) is 1.70. The lowest BCUT2D eigenvalue weighted by Crippen LogP contribution is -2.17. The Morgan fingerprint density at radius 2 is 2.09 bits per heavy atom. The van der Waals surface area contributed by atoms with Gasteiger partial charge in [0.25, 0.3) is 6.47 Å². The number of aromatic nitrogens is 2. The normalized spacial score (nSPS) is 12.8. The van der Waals surface area contributed by atoms with Gasteiger partial charge >= 0.3 is 0 Å². The molecule has 0 saturated heterocycles. The van der Waals surface area contributed by atoms with Crippen LogP contribution in [0.2, 0.25) is 0 Å². The number of methoxy groups -OCH3 is 1. The lowest BCUT2D eigenvalue weighted by Gasteiger charge is -2.10. The molecule has 0 aliphatic heterocycles. The topological polar surface area (TPSA) is 106 Å². The van der Waals surface area contributed by atoms with Gasteiger partial charge in [0, 0.05) is 13.0 Å². The van der Waals surface area contributed by atoms with Gasteiger partial charge < -0.3 is 4.74 Å². The van der Waals surface area contributed by atoms with Crippen LogP contribution in [0.5, 0.6) is 0 Å². The van der Waals surface area contributed by atoms with Gasteiger partial charge in [-0.15, -0.1) is 11.8 Å². The minimum Gasteiger partial charge on any atom is -0.471 e. The van der Waals surface area contributed by atoms with Gasteiger partial charge in [-0.1, -0.05) is 6.92 Å². The predicted molar refractivity (Wildman–Crippen MR) is 81.2 cm³/mol. The lowest BCUT2D eigenvalue weighted by molar-refractivity contribution is -0.126. The molecule has 0 saturated carbocycles. The number of hydrogen-bond acceptors (Lipinski definition) is 7. The zero-order valence-electron chi connectivity index (χ0n) is 12.5. The second-order valence-corrected chi connectivity index (χ2v) is 5.40. The van der Waals surface area contributed by atoms with E-state index < -0.39 is 0 Å². The number of carbonyl (C=O) groups excluding carboxylic acids is 4. The second-order valence-electron chi connectivity index (χ2n) is 4.26. The van der Waals surface area contributed by atoms with Crippen molar-refractivity contribution >= 4 is 35.6 Å². The average Bonchev–Trinajstić information content (AvgIpc) is 2.95. The summed E-state index contributed by atoms with van der Waals surface area (Å²) < 4.78 is 3.86. The smallest absolute Gasteiger partial charge is 0.292 e. The van der Waals surface area contributed by atoms with Crippen LogP contribution in [0.3, 0.4) is 0 Å². The maximum Gasteiger partial charge on any atom is 0.292 e. The predicted octanol–water partition coefficient (Wildman–Crippen LogP) is 1.81. The Bertz CT molecular complexity index is 633. The summed E-state index contributed by atoms with van der Waals surface area (Å²) in [6.07, 6.45) is 2.22. The number of aromatic amines is 1. The number of thioether (sulfide) groups is 1. The number of nitrogens with zero attached hydrogens (tertiary/aromatic N) is 1. The highest BCUT2D eigenvalue weighted by atomic mass is 32.2. The molecule has 1 aliphatic carbocycles. The molecule has 1 aromatic heterocycles. The molecule has 118 valence electrons. The Balaban J connectivity index is 0.000000541. The Morgan fingerprint density at radius 1 is 1.45 bits per heavy atom. The van der Waals surface area contributed by atoms with Crippen LogP contribution in [-0.4, -0.2) is 46.9 Å². The van der Waals surface area contributed by atoms with Gasteiger partial charge in [-0.05, 0) is 12.2 Å². The van der Waals surface area contributed by atoms with E-state index in [0.29, 0.717) is 11.4 Å². The number of carbonyl (C=O) groups is 4. The molecule has 0 unspecified atom stereocenters. The fourth-order valence-corrected chi connectivity index (χ4v) is 2.54. The van der Waals surface area contributed by atoms with E-state index in [9.17, 15) is 14.4 Å². The van der Waals surface area contributed by atoms with Crippen LogP contribution in [0.25, 0.3) is 0 Å². The van der Waals surface area contributed by atoms with Crippen molar-refractivity contribution in [3.63, 3.8) is 0 Å². The summed E-state index contributed by atoms with van der Waals surface area (Å²) >= 11 is 1.33. The molecule has 7 nitrogen and oxygen atoms in total. The number of Topliss-reactive ketones (excluding diaryl/α,β-unsaturated/α-hetero) is 2. The molecule has 0 radical (unpaired) electrons. The molecule has 1 aromatic rings. The molecule has 8 heteroatoms. The SMILES string of the molecule is CCCSC1=CC(=O)c2[nH]nc(C(C)=O)c2C1=O.COC=O. The molecule has 1 aliphatic rings. The average molecular weight is 324 g/mol. The second kappa shape index (κ2) is 8.28. The number of hydrogen-bond donors (Lipinski definition) is 1. The van der Waals surface area contributed by atoms with Gasteiger partial charge in [-0.25, -0.2) is 0 Å². The Morgan fingerprint density at radius 3 is 2.59 bits per heavy atom. The summed E-state index contributed by atoms with van der Waals surface area (Å²) in [5.41, 5.74) is 0.283. The van der Waals surface area contributed by atoms with Crippen molar-refractivity contribution in [2.75, 3.05) is 12.9 Å². The molecule has 0 fully saturated rings. The molecule has 0 amide bonds. The van der Waals surface area contributed by atoms with E-state index in [-0.39, 0.29) is 34.3 Å². The first-order chi connectivity index (χ1) is 10.5. The summed E-state index contributed by atoms with van der Waals surface area (Å²) in [5, 5.41) is 6.22. The van der Waals surface area contributed by atoms with E-state index >= 15 is 0 Å². The Hall–Kier alpha value is -2.22. The van der Waals surface area contributed by atoms with E-state index in [4.69, 9.17) is 4.79 Å². The van der Waals surface area contributed by atoms with Crippen LogP contribution in [0, 0.1) is 0 Å². The van der Waals surface area contributed by atoms with E-state index in [2.05, 4.69) is 14.9 Å². The van der Waals surface area contributed by atoms with Crippen LogP contribution < -0.4 is 0 Å². The molecule has 0 atom stereocenters. The van der Waals surface area contributed by atoms with Gasteiger partial charge in [0.05, 0.1) is 17.6 Å². The van der Waals surface area contributed by atoms with Crippen LogP contribution in [0.4, 0.5) is 0 Å². The van der Waals surface area contributed by atoms with Crippen molar-refractivity contribution in [2.45, 2.75) is 20.3 Å². The van der Waals surface area contributed by atoms with Gasteiger partial charge in [0.1, 0.15) is 11.4 Å². The van der Waals surface area contributed by atoms with Crippen LogP contribution in [-0.2, 0) is 9.53 Å². The van der Waals surface area contributed by atoms with Crippen molar-refractivity contribution in [3.8, 4) is 0 Å². The Kier molecular flexibility index (Phi) is 6.71. The third kappa shape index (κ3) is 3.91. The minimum absolute atomic E-state index is 0.0473. The van der Waals surface area contributed by atoms with Crippen molar-refractivity contribution in [2.24, 2.45) is 0 Å². The molecule has 1 heterocycles. The molecule has 1 N–H and O–H groups in total. The quantitative estimate of drug-likeness (QED) is 0.650. The number of allylic oxidation sites excluding steroid dienone is 2. The van der Waals surface area contributed by atoms with Gasteiger partial charge in [-0.3, -0.25) is 24.3 Å². The maximum absolute atomic E-state index is 12.2. The molecule has 0 aromatic carbocycles. The minimum atomic E-state index is -0.324. The third-order valence-corrected chi connectivity index (χ3v) is 3.84. The van der Waals surface area contributed by atoms with Crippen molar-refractivity contribution in [3.05, 3.63) is 27.9 Å². The highest BCUT2D eigenvalue weighted by molar-refractivity contribution is 8.04. The number of ketones is 3. The highest BCUT2D eigenvalue weighted by Crippen LogP contribution is 2.29. The summed E-state index contributed by atoms with van der Waals surface area (Å²) in [6, 6.07) is 0. The summed E-state index contributed by atoms with van der Waals surface area (Å²) in [6.45, 7) is 3.69. The summed E-state index contributed by atoms with van der Waals surface area (Å²) in [4.78, 5) is 44.7. The fraction of sp³-hybridized carbons (Fsp3) is 0.357. The van der Waals surface area contributed by atoms with Crippen LogP contribution in [0.15, 0.2) is 11.0 Å². The molecule has 2 rings (SSSR count). The maximum atomic E-state index is 12.2. The highest BCUT2D eigenvalue weighted by Gasteiger charge is 2.32. The van der Waals surface area contributed by atoms with Crippen molar-refractivity contribution in [1.29, 1.82) is 0 Å². The number of H-pyrrole nitrogens is 1. The summed E-state index contributed by atoms with van der Waals surface area (Å²) in [7, 11) is 1.31. The molecule has 22 heavy (non-hydrogen) atoms. The first-order valence-corrected chi connectivity index (χ1v) is 7.45. The van der Waals surface area contributed by atoms with E-state index in [1.165, 1.54) is 31.9 Å². The summed E-state index contributed by atoms with van der Waals surface area (Å²) in [5.74, 6) is -0.159. The molecule has 0 bridgehead atoms. The monoisotopic (exact) mass is 324 g/mol. The standard InChI is InChI=1S/C12H12N2O3S.C2H4O2/c1-3-4-18-8-5-7(16)11-9(12(8)17)10(6(2)15)13-14-11;1-4-2-3/h5H,3-4H2,1-2H3,(H,13,14);2H,1H3. The van der Waals surface area contributed by atoms with Gasteiger partial charge in [-0.2, -0.15) is 5.10 Å². The largest absolute Gasteiger partial charge is 0.471 e.